The summed E-state index contributed by atoms with van der Waals surface area (Å²) in [5, 5.41) is 0. The van der Waals surface area contributed by atoms with Crippen molar-refractivity contribution in [3.05, 3.63) is 0 Å². The first-order valence-corrected chi connectivity index (χ1v) is 4.80. The molecule has 36 valence electrons. The Hall–Kier alpha value is 1.16. The van der Waals surface area contributed by atoms with E-state index in [-0.39, 0.29) is 0 Å². The molecule has 1 aliphatic rings. The van der Waals surface area contributed by atoms with Crippen LogP contribution in [0.5, 0.6) is 0 Å². The van der Waals surface area contributed by atoms with Gasteiger partial charge in [-0.2, -0.15) is 0 Å². The normalized spacial score (nSPS) is 38.5. The number of hydrogen-bond acceptors (Lipinski definition) is 0. The third-order valence-electron chi connectivity index (χ3n) is 1.00. The van der Waals surface area contributed by atoms with E-state index in [9.17, 15) is 0 Å². The van der Waals surface area contributed by atoms with E-state index >= 15 is 0 Å². The van der Waals surface area contributed by atoms with Crippen molar-refractivity contribution >= 4 is 31.2 Å². The molecule has 0 aromatic heterocycles. The minimum absolute atomic E-state index is 1.04. The van der Waals surface area contributed by atoms with Gasteiger partial charge in [-0.05, 0) is 19.0 Å². The molecule has 1 saturated heterocycles. The van der Waals surface area contributed by atoms with Crippen molar-refractivity contribution in [2.24, 2.45) is 0 Å². The molecular weight excluding hydrogens is 206 g/mol. The van der Waals surface area contributed by atoms with Crippen LogP contribution >= 0.6 is 31.2 Å². The molecule has 0 aromatic carbocycles. The van der Waals surface area contributed by atoms with Gasteiger partial charge >= 0.3 is 0 Å². The summed E-state index contributed by atoms with van der Waals surface area (Å²) < 4.78 is 1.04. The molecule has 0 nitrogen and oxygen atoms in total. The Balaban J connectivity index is 2.18. The van der Waals surface area contributed by atoms with E-state index in [0.29, 0.717) is 0 Å². The summed E-state index contributed by atoms with van der Waals surface area (Å²) in [6.07, 6.45) is 4.48. The van der Waals surface area contributed by atoms with Gasteiger partial charge in [0.25, 0.3) is 0 Å². The quantitative estimate of drug-likeness (QED) is 0.329. The molecule has 1 heterocycles. The second kappa shape index (κ2) is 2.46. The lowest BCUT2D eigenvalue weighted by molar-refractivity contribution is 0.937. The highest BCUT2D eigenvalue weighted by Crippen LogP contribution is 2.36. The molecule has 0 radical (unpaired) electrons. The zero-order valence-electron chi connectivity index (χ0n) is 3.58. The van der Waals surface area contributed by atoms with Gasteiger partial charge in [-0.3, -0.25) is 0 Å². The maximum Gasteiger partial charge on any atom is 0.0282 e. The smallest absolute Gasteiger partial charge is 0.0282 e. The van der Waals surface area contributed by atoms with E-state index in [0.717, 1.165) is 3.67 Å². The SMILES string of the molecule is I[C@H]1CCCP1. The van der Waals surface area contributed by atoms with Crippen LogP contribution < -0.4 is 0 Å². The summed E-state index contributed by atoms with van der Waals surface area (Å²) in [6.45, 7) is 0. The highest BCUT2D eigenvalue weighted by atomic mass is 127. The monoisotopic (exact) mass is 214 g/mol. The lowest BCUT2D eigenvalue weighted by atomic mass is 10.4. The van der Waals surface area contributed by atoms with Gasteiger partial charge < -0.3 is 0 Å². The molecule has 1 fully saturated rings. The van der Waals surface area contributed by atoms with Crippen molar-refractivity contribution in [2.75, 3.05) is 6.16 Å². The fourth-order valence-corrected chi connectivity index (χ4v) is 3.15. The molecule has 1 rings (SSSR count). The fourth-order valence-electron chi connectivity index (χ4n) is 0.642. The van der Waals surface area contributed by atoms with E-state index in [1.54, 1.807) is 0 Å². The van der Waals surface area contributed by atoms with Crippen molar-refractivity contribution < 1.29 is 0 Å². The Morgan fingerprint density at radius 2 is 2.50 bits per heavy atom. The standard InChI is InChI=1S/C4H8IP/c5-4-2-1-3-6-4/h4,6H,1-3H2/t4-/m1/s1. The van der Waals surface area contributed by atoms with Gasteiger partial charge in [0.2, 0.25) is 0 Å². The number of alkyl halides is 1. The Morgan fingerprint density at radius 1 is 1.67 bits per heavy atom. The van der Waals surface area contributed by atoms with Crippen LogP contribution in [-0.4, -0.2) is 9.83 Å². The molecule has 1 unspecified atom stereocenters. The molecule has 0 aliphatic carbocycles. The Labute approximate surface area is 54.0 Å². The minimum atomic E-state index is 1.04. The molecule has 0 aromatic rings. The number of hydrogen-bond donors (Lipinski definition) is 0. The zero-order valence-corrected chi connectivity index (χ0v) is 6.73. The molecule has 1 aliphatic heterocycles. The first-order valence-electron chi connectivity index (χ1n) is 2.27. The van der Waals surface area contributed by atoms with Crippen LogP contribution in [0.3, 0.4) is 0 Å². The van der Waals surface area contributed by atoms with E-state index in [1.807, 2.05) is 0 Å². The lowest BCUT2D eigenvalue weighted by Gasteiger charge is -1.89. The van der Waals surface area contributed by atoms with Gasteiger partial charge in [0.05, 0.1) is 0 Å². The predicted molar refractivity (Wildman–Crippen MR) is 40.2 cm³/mol. The van der Waals surface area contributed by atoms with Gasteiger partial charge in [-0.25, -0.2) is 0 Å². The Morgan fingerprint density at radius 3 is 2.67 bits per heavy atom. The number of halogens is 1. The van der Waals surface area contributed by atoms with Gasteiger partial charge in [0, 0.05) is 3.67 Å². The molecule has 0 saturated carbocycles. The fraction of sp³-hybridized carbons (Fsp3) is 1.00. The topological polar surface area (TPSA) is 0 Å². The minimum Gasteiger partial charge on any atom is -0.109 e. The van der Waals surface area contributed by atoms with Crippen molar-refractivity contribution in [3.8, 4) is 0 Å². The second-order valence-corrected chi connectivity index (χ2v) is 5.85. The molecule has 0 bridgehead atoms. The Bertz CT molecular complexity index is 40.8. The second-order valence-electron chi connectivity index (χ2n) is 1.56. The van der Waals surface area contributed by atoms with Crippen LogP contribution in [0.4, 0.5) is 0 Å². The summed E-state index contributed by atoms with van der Waals surface area (Å²) >= 11 is 2.54. The van der Waals surface area contributed by atoms with E-state index in [2.05, 4.69) is 22.6 Å². The van der Waals surface area contributed by atoms with Gasteiger partial charge in [0.1, 0.15) is 0 Å². The van der Waals surface area contributed by atoms with Crippen LogP contribution in [0.15, 0.2) is 0 Å². The molecule has 2 atom stereocenters. The van der Waals surface area contributed by atoms with Gasteiger partial charge in [0.15, 0.2) is 0 Å². The zero-order chi connectivity index (χ0) is 4.41. The number of rotatable bonds is 0. The summed E-state index contributed by atoms with van der Waals surface area (Å²) in [5.41, 5.74) is 0. The molecule has 0 spiro atoms. The molecule has 6 heavy (non-hydrogen) atoms. The summed E-state index contributed by atoms with van der Waals surface area (Å²) in [7, 11) is 1.27. The van der Waals surface area contributed by atoms with Crippen LogP contribution in [0.2, 0.25) is 0 Å². The lowest BCUT2D eigenvalue weighted by Crippen LogP contribution is -1.72. The molecule has 0 amide bonds. The van der Waals surface area contributed by atoms with E-state index in [1.165, 1.54) is 27.6 Å². The largest absolute Gasteiger partial charge is 0.109 e. The van der Waals surface area contributed by atoms with Crippen LogP contribution in [0.25, 0.3) is 0 Å². The highest BCUT2D eigenvalue weighted by Gasteiger charge is 2.08. The highest BCUT2D eigenvalue weighted by molar-refractivity contribution is 14.1. The van der Waals surface area contributed by atoms with Crippen molar-refractivity contribution in [1.29, 1.82) is 0 Å². The van der Waals surface area contributed by atoms with E-state index < -0.39 is 0 Å². The van der Waals surface area contributed by atoms with Crippen LogP contribution in [-0.2, 0) is 0 Å². The van der Waals surface area contributed by atoms with Crippen LogP contribution in [0.1, 0.15) is 12.8 Å². The van der Waals surface area contributed by atoms with Gasteiger partial charge in [-0.15, -0.1) is 8.58 Å². The Kier molecular flexibility index (Phi) is 2.18. The molecular formula is C4H8IP. The van der Waals surface area contributed by atoms with Crippen LogP contribution in [0, 0.1) is 0 Å². The summed E-state index contributed by atoms with van der Waals surface area (Å²) in [4.78, 5) is 0. The summed E-state index contributed by atoms with van der Waals surface area (Å²) in [6, 6.07) is 0. The average Bonchev–Trinajstić information content (AvgIpc) is 1.86. The maximum absolute atomic E-state index is 2.54. The third-order valence-corrected chi connectivity index (χ3v) is 4.32. The summed E-state index contributed by atoms with van der Waals surface area (Å²) in [5.74, 6) is 0. The first kappa shape index (κ1) is 5.30. The third kappa shape index (κ3) is 1.34. The predicted octanol–water partition coefficient (Wildman–Crippen LogP) is 2.22. The van der Waals surface area contributed by atoms with Crippen molar-refractivity contribution in [1.82, 2.24) is 0 Å². The average molecular weight is 214 g/mol. The molecule has 2 heteroatoms. The van der Waals surface area contributed by atoms with Crippen molar-refractivity contribution in [3.63, 3.8) is 0 Å². The molecule has 0 N–H and O–H groups in total. The maximum atomic E-state index is 2.54. The van der Waals surface area contributed by atoms with Crippen molar-refractivity contribution in [2.45, 2.75) is 16.5 Å². The first-order chi connectivity index (χ1) is 2.89. The van der Waals surface area contributed by atoms with Gasteiger partial charge in [-0.1, -0.05) is 22.6 Å². The van der Waals surface area contributed by atoms with E-state index in [4.69, 9.17) is 0 Å².